The van der Waals surface area contributed by atoms with Gasteiger partial charge in [-0.2, -0.15) is 0 Å². The molecule has 0 bridgehead atoms. The van der Waals surface area contributed by atoms with Crippen molar-refractivity contribution in [1.29, 1.82) is 0 Å². The van der Waals surface area contributed by atoms with E-state index in [0.717, 1.165) is 32.1 Å². The van der Waals surface area contributed by atoms with Crippen molar-refractivity contribution in [2.45, 2.75) is 70.7 Å². The molecule has 2 aliphatic rings. The largest absolute Gasteiger partial charge is 0.488 e. The summed E-state index contributed by atoms with van der Waals surface area (Å²) in [5, 5.41) is 11.4. The van der Waals surface area contributed by atoms with E-state index in [4.69, 9.17) is 25.8 Å². The van der Waals surface area contributed by atoms with Crippen molar-refractivity contribution in [3.8, 4) is 5.75 Å². The first kappa shape index (κ1) is 23.6. The van der Waals surface area contributed by atoms with E-state index in [1.165, 1.54) is 12.8 Å². The van der Waals surface area contributed by atoms with Crippen LogP contribution in [-0.2, 0) is 9.47 Å². The Morgan fingerprint density at radius 1 is 1.23 bits per heavy atom. The lowest BCUT2D eigenvalue weighted by Crippen LogP contribution is -2.38. The lowest BCUT2D eigenvalue weighted by atomic mass is 9.83. The zero-order valence-corrected chi connectivity index (χ0v) is 19.2. The fourth-order valence-corrected chi connectivity index (χ4v) is 5.06. The third kappa shape index (κ3) is 6.46. The number of benzene rings is 1. The normalized spacial score (nSPS) is 28.4. The Morgan fingerprint density at radius 3 is 2.77 bits per heavy atom. The van der Waals surface area contributed by atoms with E-state index in [-0.39, 0.29) is 12.0 Å². The topological polar surface area (TPSA) is 47.9 Å². The Morgan fingerprint density at radius 2 is 2.03 bits per heavy atom. The molecule has 0 aromatic heterocycles. The number of hydrogen-bond donors (Lipinski definition) is 1. The summed E-state index contributed by atoms with van der Waals surface area (Å²) in [6.45, 7) is 5.97. The molecule has 5 heteroatoms. The minimum Gasteiger partial charge on any atom is -0.488 e. The average Bonchev–Trinajstić information content (AvgIpc) is 3.29. The van der Waals surface area contributed by atoms with Gasteiger partial charge in [-0.05, 0) is 61.6 Å². The van der Waals surface area contributed by atoms with Gasteiger partial charge in [-0.3, -0.25) is 0 Å². The number of aliphatic hydroxyl groups excluding tert-OH is 1. The first-order chi connectivity index (χ1) is 14.5. The zero-order chi connectivity index (χ0) is 21.4. The van der Waals surface area contributed by atoms with Crippen molar-refractivity contribution < 1.29 is 19.3 Å². The van der Waals surface area contributed by atoms with Crippen LogP contribution >= 0.6 is 11.6 Å². The Kier molecular flexibility index (Phi) is 9.06. The molecule has 1 aromatic rings. The van der Waals surface area contributed by atoms with Gasteiger partial charge in [-0.25, -0.2) is 0 Å². The number of ether oxygens (including phenoxy) is 3. The van der Waals surface area contributed by atoms with Crippen molar-refractivity contribution in [3.63, 3.8) is 0 Å². The molecule has 4 nitrogen and oxygen atoms in total. The molecule has 2 fully saturated rings. The van der Waals surface area contributed by atoms with E-state index in [1.54, 1.807) is 6.07 Å². The highest BCUT2D eigenvalue weighted by Gasteiger charge is 2.43. The summed E-state index contributed by atoms with van der Waals surface area (Å²) in [5.41, 5.74) is 0. The van der Waals surface area contributed by atoms with E-state index in [0.29, 0.717) is 42.4 Å². The van der Waals surface area contributed by atoms with E-state index < -0.39 is 5.79 Å². The number of allylic oxidation sites excluding steroid dienone is 2. The SMILES string of the molecule is CCCC/C=C/CC1C(C)CC(O)C1CCC1(COc2cccc(Cl)c2)OCCO1. The Labute approximate surface area is 186 Å². The van der Waals surface area contributed by atoms with Crippen molar-refractivity contribution >= 4 is 11.6 Å². The van der Waals surface area contributed by atoms with Gasteiger partial charge in [0.15, 0.2) is 0 Å². The monoisotopic (exact) mass is 436 g/mol. The van der Waals surface area contributed by atoms with Crippen LogP contribution in [0.15, 0.2) is 36.4 Å². The van der Waals surface area contributed by atoms with E-state index in [1.807, 2.05) is 18.2 Å². The minimum absolute atomic E-state index is 0.249. The summed E-state index contributed by atoms with van der Waals surface area (Å²) in [6, 6.07) is 7.38. The lowest BCUT2D eigenvalue weighted by molar-refractivity contribution is -0.185. The number of unbranched alkanes of at least 4 members (excludes halogenated alkanes) is 2. The Bertz CT molecular complexity index is 671. The van der Waals surface area contributed by atoms with Gasteiger partial charge in [0.25, 0.3) is 0 Å². The molecule has 0 radical (unpaired) electrons. The third-order valence-corrected chi connectivity index (χ3v) is 6.85. The molecule has 1 aliphatic heterocycles. The quantitative estimate of drug-likeness (QED) is 0.340. The summed E-state index contributed by atoms with van der Waals surface area (Å²) >= 11 is 6.06. The molecular formula is C25H37ClO4. The lowest BCUT2D eigenvalue weighted by Gasteiger charge is -2.31. The molecule has 1 aliphatic carbocycles. The van der Waals surface area contributed by atoms with Gasteiger partial charge in [-0.15, -0.1) is 0 Å². The maximum Gasteiger partial charge on any atom is 0.203 e. The van der Waals surface area contributed by atoms with Crippen LogP contribution in [0.2, 0.25) is 5.02 Å². The van der Waals surface area contributed by atoms with E-state index in [2.05, 4.69) is 26.0 Å². The van der Waals surface area contributed by atoms with Crippen LogP contribution in [0.3, 0.4) is 0 Å². The molecule has 1 heterocycles. The van der Waals surface area contributed by atoms with Crippen molar-refractivity contribution in [2.75, 3.05) is 19.8 Å². The van der Waals surface area contributed by atoms with Gasteiger partial charge < -0.3 is 19.3 Å². The maximum absolute atomic E-state index is 10.7. The van der Waals surface area contributed by atoms with Crippen LogP contribution in [0.4, 0.5) is 0 Å². The summed E-state index contributed by atoms with van der Waals surface area (Å²) in [5.74, 6) is 1.28. The Balaban J connectivity index is 1.57. The zero-order valence-electron chi connectivity index (χ0n) is 18.4. The van der Waals surface area contributed by atoms with Gasteiger partial charge >= 0.3 is 0 Å². The molecule has 0 spiro atoms. The first-order valence-electron chi connectivity index (χ1n) is 11.5. The molecule has 4 unspecified atom stereocenters. The summed E-state index contributed by atoms with van der Waals surface area (Å²) in [6.07, 6.45) is 11.5. The predicted molar refractivity (Wildman–Crippen MR) is 121 cm³/mol. The van der Waals surface area contributed by atoms with Crippen LogP contribution in [0, 0.1) is 17.8 Å². The highest BCUT2D eigenvalue weighted by molar-refractivity contribution is 6.30. The van der Waals surface area contributed by atoms with Crippen LogP contribution in [0.5, 0.6) is 5.75 Å². The molecule has 4 atom stereocenters. The molecule has 1 saturated carbocycles. The molecule has 1 saturated heterocycles. The predicted octanol–water partition coefficient (Wildman–Crippen LogP) is 6.01. The smallest absolute Gasteiger partial charge is 0.203 e. The van der Waals surface area contributed by atoms with Gasteiger partial charge in [0, 0.05) is 11.4 Å². The van der Waals surface area contributed by atoms with Gasteiger partial charge in [-0.1, -0.05) is 56.5 Å². The van der Waals surface area contributed by atoms with Crippen LogP contribution in [0.1, 0.15) is 58.8 Å². The second kappa shape index (κ2) is 11.5. The van der Waals surface area contributed by atoms with E-state index in [9.17, 15) is 5.11 Å². The fraction of sp³-hybridized carbons (Fsp3) is 0.680. The summed E-state index contributed by atoms with van der Waals surface area (Å²) < 4.78 is 18.0. The average molecular weight is 437 g/mol. The number of aliphatic hydroxyl groups is 1. The maximum atomic E-state index is 10.7. The van der Waals surface area contributed by atoms with Crippen molar-refractivity contribution in [2.24, 2.45) is 17.8 Å². The van der Waals surface area contributed by atoms with Crippen molar-refractivity contribution in [1.82, 2.24) is 0 Å². The fourth-order valence-electron chi connectivity index (χ4n) is 4.88. The van der Waals surface area contributed by atoms with Crippen molar-refractivity contribution in [3.05, 3.63) is 41.4 Å². The number of rotatable bonds is 11. The van der Waals surface area contributed by atoms with Gasteiger partial charge in [0.2, 0.25) is 5.79 Å². The van der Waals surface area contributed by atoms with Gasteiger partial charge in [0.05, 0.1) is 19.3 Å². The first-order valence-corrected chi connectivity index (χ1v) is 11.9. The standard InChI is InChI=1S/C25H37ClO4/c1-3-4-5-6-7-11-22-19(2)16-24(27)23(22)12-13-25(29-14-15-30-25)18-28-21-10-8-9-20(26)17-21/h6-10,17,19,22-24,27H,3-5,11-16,18H2,1-2H3/b7-6+. The highest BCUT2D eigenvalue weighted by atomic mass is 35.5. The summed E-state index contributed by atoms with van der Waals surface area (Å²) in [4.78, 5) is 0. The minimum atomic E-state index is -0.741. The van der Waals surface area contributed by atoms with Crippen LogP contribution < -0.4 is 4.74 Å². The highest BCUT2D eigenvalue weighted by Crippen LogP contribution is 2.43. The summed E-state index contributed by atoms with van der Waals surface area (Å²) in [7, 11) is 0. The van der Waals surface area contributed by atoms with E-state index >= 15 is 0 Å². The molecular weight excluding hydrogens is 400 g/mol. The molecule has 1 N–H and O–H groups in total. The third-order valence-electron chi connectivity index (χ3n) is 6.61. The molecule has 0 amide bonds. The Hall–Kier alpha value is -1.07. The second-order valence-corrected chi connectivity index (χ2v) is 9.29. The molecule has 1 aromatic carbocycles. The molecule has 30 heavy (non-hydrogen) atoms. The van der Waals surface area contributed by atoms with Crippen LogP contribution in [0.25, 0.3) is 0 Å². The second-order valence-electron chi connectivity index (χ2n) is 8.85. The molecule has 3 rings (SSSR count). The van der Waals surface area contributed by atoms with Crippen LogP contribution in [-0.4, -0.2) is 36.8 Å². The number of halogens is 1. The number of hydrogen-bond acceptors (Lipinski definition) is 4. The molecule has 168 valence electrons. The van der Waals surface area contributed by atoms with Gasteiger partial charge in [0.1, 0.15) is 12.4 Å².